The summed E-state index contributed by atoms with van der Waals surface area (Å²) in [6.07, 6.45) is 6.25. The fourth-order valence-electron chi connectivity index (χ4n) is 0.955. The van der Waals surface area contributed by atoms with E-state index in [-0.39, 0.29) is 0 Å². The minimum absolute atomic E-state index is 0.875. The molecule has 0 saturated heterocycles. The molecule has 50 valence electrons. The van der Waals surface area contributed by atoms with Gasteiger partial charge >= 0.3 is 0 Å². The zero-order chi connectivity index (χ0) is 6.41. The molecule has 0 aliphatic heterocycles. The third-order valence-electron chi connectivity index (χ3n) is 1.62. The third-order valence-corrected chi connectivity index (χ3v) is 1.62. The Labute approximate surface area is 53.3 Å². The summed E-state index contributed by atoms with van der Waals surface area (Å²) in [7, 11) is 0. The van der Waals surface area contributed by atoms with Gasteiger partial charge in [-0.25, -0.2) is 0 Å². The van der Waals surface area contributed by atoms with E-state index in [2.05, 4.69) is 27.2 Å². The van der Waals surface area contributed by atoms with Gasteiger partial charge < -0.3 is 6.42 Å². The van der Waals surface area contributed by atoms with Crippen LogP contribution in [0.25, 0.3) is 0 Å². The van der Waals surface area contributed by atoms with Crippen LogP contribution >= 0.6 is 0 Å². The molecule has 0 heterocycles. The second-order valence-corrected chi connectivity index (χ2v) is 2.22. The topological polar surface area (TPSA) is 0 Å². The van der Waals surface area contributed by atoms with Crippen molar-refractivity contribution in [3.05, 3.63) is 6.42 Å². The fourth-order valence-corrected chi connectivity index (χ4v) is 0.955. The maximum Gasteiger partial charge on any atom is -0.0676 e. The Bertz CT molecular complexity index is 35.3. The van der Waals surface area contributed by atoms with Crippen molar-refractivity contribution in [2.24, 2.45) is 5.92 Å². The Morgan fingerprint density at radius 1 is 1.12 bits per heavy atom. The molecule has 0 aliphatic rings. The van der Waals surface area contributed by atoms with Crippen molar-refractivity contribution >= 4 is 0 Å². The molecule has 0 aromatic carbocycles. The van der Waals surface area contributed by atoms with E-state index >= 15 is 0 Å². The Kier molecular flexibility index (Phi) is 5.14. The van der Waals surface area contributed by atoms with Crippen molar-refractivity contribution in [2.75, 3.05) is 0 Å². The van der Waals surface area contributed by atoms with Gasteiger partial charge in [-0.3, -0.25) is 0 Å². The van der Waals surface area contributed by atoms with E-state index in [4.69, 9.17) is 0 Å². The number of rotatable bonds is 4. The fraction of sp³-hybridized carbons (Fsp3) is 0.875. The number of hydrogen-bond acceptors (Lipinski definition) is 0. The third kappa shape index (κ3) is 3.06. The zero-order valence-electron chi connectivity index (χ0n) is 6.28. The van der Waals surface area contributed by atoms with Gasteiger partial charge in [0.2, 0.25) is 0 Å². The Balaban J connectivity index is 3.07. The van der Waals surface area contributed by atoms with Crippen LogP contribution < -0.4 is 0 Å². The monoisotopic (exact) mass is 113 g/mol. The van der Waals surface area contributed by atoms with Gasteiger partial charge in [-0.1, -0.05) is 33.6 Å². The molecular formula is C8H17-. The van der Waals surface area contributed by atoms with Crippen LogP contribution in [0.15, 0.2) is 0 Å². The molecule has 8 heavy (non-hydrogen) atoms. The highest BCUT2D eigenvalue weighted by atomic mass is 14.0. The second kappa shape index (κ2) is 5.14. The predicted molar refractivity (Wildman–Crippen MR) is 38.7 cm³/mol. The molecule has 0 fully saturated rings. The van der Waals surface area contributed by atoms with Gasteiger partial charge in [0.15, 0.2) is 0 Å². The van der Waals surface area contributed by atoms with E-state index in [1.807, 2.05) is 0 Å². The highest BCUT2D eigenvalue weighted by Gasteiger charge is 1.87. The van der Waals surface area contributed by atoms with Crippen LogP contribution in [-0.4, -0.2) is 0 Å². The van der Waals surface area contributed by atoms with Gasteiger partial charge in [-0.15, -0.1) is 0 Å². The van der Waals surface area contributed by atoms with E-state index in [1.54, 1.807) is 0 Å². The zero-order valence-corrected chi connectivity index (χ0v) is 6.28. The van der Waals surface area contributed by atoms with Crippen LogP contribution in [0.2, 0.25) is 0 Å². The molecule has 0 nitrogen and oxygen atoms in total. The second-order valence-electron chi connectivity index (χ2n) is 2.22. The Hall–Kier alpha value is 0. The molecule has 0 aromatic heterocycles. The summed E-state index contributed by atoms with van der Waals surface area (Å²) < 4.78 is 0. The lowest BCUT2D eigenvalue weighted by Crippen LogP contribution is -1.95. The van der Waals surface area contributed by atoms with Gasteiger partial charge in [-0.2, -0.15) is 12.3 Å². The summed E-state index contributed by atoms with van der Waals surface area (Å²) in [5, 5.41) is 0. The summed E-state index contributed by atoms with van der Waals surface area (Å²) in [6, 6.07) is 0. The Morgan fingerprint density at radius 3 is 1.75 bits per heavy atom. The molecule has 0 bridgehead atoms. The molecule has 0 amide bonds. The Morgan fingerprint density at radius 2 is 1.62 bits per heavy atom. The van der Waals surface area contributed by atoms with Gasteiger partial charge in [0.1, 0.15) is 0 Å². The summed E-state index contributed by atoms with van der Waals surface area (Å²) in [5.41, 5.74) is 0. The first kappa shape index (κ1) is 8.00. The van der Waals surface area contributed by atoms with Crippen LogP contribution in [0.3, 0.4) is 0 Å². The largest absolute Gasteiger partial charge is 0.326 e. The van der Waals surface area contributed by atoms with Crippen molar-refractivity contribution in [1.29, 1.82) is 0 Å². The van der Waals surface area contributed by atoms with E-state index in [1.165, 1.54) is 19.3 Å². The predicted octanol–water partition coefficient (Wildman–Crippen LogP) is 3.04. The molecular weight excluding hydrogens is 96.1 g/mol. The SMILES string of the molecule is CC[CH-]C(CC)CC. The first-order chi connectivity index (χ1) is 3.85. The molecule has 0 atom stereocenters. The molecule has 0 N–H and O–H groups in total. The minimum Gasteiger partial charge on any atom is -0.326 e. The maximum atomic E-state index is 2.40. The molecule has 0 rings (SSSR count). The van der Waals surface area contributed by atoms with Crippen LogP contribution in [0.5, 0.6) is 0 Å². The van der Waals surface area contributed by atoms with Crippen molar-refractivity contribution in [1.82, 2.24) is 0 Å². The summed E-state index contributed by atoms with van der Waals surface area (Å²) in [6.45, 7) is 6.71. The van der Waals surface area contributed by atoms with Gasteiger partial charge in [-0.05, 0) is 0 Å². The quantitative estimate of drug-likeness (QED) is 0.491. The van der Waals surface area contributed by atoms with Gasteiger partial charge in [0.05, 0.1) is 0 Å². The molecule has 0 radical (unpaired) electrons. The number of hydrogen-bond donors (Lipinski definition) is 0. The van der Waals surface area contributed by atoms with Crippen molar-refractivity contribution in [3.8, 4) is 0 Å². The molecule has 0 heteroatoms. The highest BCUT2D eigenvalue weighted by Crippen LogP contribution is 2.12. The lowest BCUT2D eigenvalue weighted by Gasteiger charge is -2.20. The average Bonchev–Trinajstić information content (AvgIpc) is 1.83. The van der Waals surface area contributed by atoms with Gasteiger partial charge in [0, 0.05) is 0 Å². The first-order valence-corrected chi connectivity index (χ1v) is 3.68. The minimum atomic E-state index is 0.875. The smallest absolute Gasteiger partial charge is 0.0676 e. The summed E-state index contributed by atoms with van der Waals surface area (Å²) in [5.74, 6) is 0.875. The molecule has 0 spiro atoms. The van der Waals surface area contributed by atoms with Crippen molar-refractivity contribution in [3.63, 3.8) is 0 Å². The van der Waals surface area contributed by atoms with Crippen LogP contribution in [0.4, 0.5) is 0 Å². The van der Waals surface area contributed by atoms with E-state index in [0.29, 0.717) is 0 Å². The molecule has 0 unspecified atom stereocenters. The summed E-state index contributed by atoms with van der Waals surface area (Å²) in [4.78, 5) is 0. The van der Waals surface area contributed by atoms with Crippen molar-refractivity contribution < 1.29 is 0 Å². The highest BCUT2D eigenvalue weighted by molar-refractivity contribution is 4.71. The first-order valence-electron chi connectivity index (χ1n) is 3.68. The van der Waals surface area contributed by atoms with Crippen LogP contribution in [-0.2, 0) is 0 Å². The van der Waals surface area contributed by atoms with E-state index in [9.17, 15) is 0 Å². The van der Waals surface area contributed by atoms with E-state index in [0.717, 1.165) is 5.92 Å². The maximum absolute atomic E-state index is 2.40. The molecule has 0 aromatic rings. The molecule has 0 aliphatic carbocycles. The van der Waals surface area contributed by atoms with Crippen LogP contribution in [0.1, 0.15) is 40.0 Å². The summed E-state index contributed by atoms with van der Waals surface area (Å²) >= 11 is 0. The van der Waals surface area contributed by atoms with Gasteiger partial charge in [0.25, 0.3) is 0 Å². The standard InChI is InChI=1S/C8H17/c1-4-7-8(5-2)6-3/h7-8H,4-6H2,1-3H3/q-1. The normalized spacial score (nSPS) is 10.5. The lowest BCUT2D eigenvalue weighted by atomic mass is 9.98. The van der Waals surface area contributed by atoms with E-state index < -0.39 is 0 Å². The molecule has 0 saturated carbocycles. The van der Waals surface area contributed by atoms with Crippen molar-refractivity contribution in [2.45, 2.75) is 40.0 Å². The lowest BCUT2D eigenvalue weighted by molar-refractivity contribution is 0.549. The van der Waals surface area contributed by atoms with Crippen LogP contribution in [0, 0.1) is 12.3 Å². The average molecular weight is 113 g/mol.